The fraction of sp³-hybridized carbons (Fsp3) is 0.923. The molecule has 1 atom stereocenters. The van der Waals surface area contributed by atoms with Crippen molar-refractivity contribution in [3.05, 3.63) is 0 Å². The largest absolute Gasteiger partial charge is 0.356 e. The third-order valence-corrected chi connectivity index (χ3v) is 3.70. The predicted octanol–water partition coefficient (Wildman–Crippen LogP) is 2.71. The monoisotopic (exact) mass is 351 g/mol. The van der Waals surface area contributed by atoms with Crippen molar-refractivity contribution in [2.75, 3.05) is 26.7 Å². The molecule has 100 valence electrons. The Labute approximate surface area is 122 Å². The molecule has 0 aromatic heterocycles. The summed E-state index contributed by atoms with van der Waals surface area (Å²) in [6.45, 7) is 5.78. The second kappa shape index (κ2) is 7.44. The smallest absolute Gasteiger partial charge is 0.193 e. The molecule has 0 bridgehead atoms. The molecule has 0 radical (unpaired) electrons. The number of rotatable bonds is 3. The third kappa shape index (κ3) is 5.02. The topological polar surface area (TPSA) is 27.6 Å². The van der Waals surface area contributed by atoms with E-state index in [1.54, 1.807) is 0 Å². The van der Waals surface area contributed by atoms with Crippen LogP contribution in [0.1, 0.15) is 39.0 Å². The highest BCUT2D eigenvalue weighted by molar-refractivity contribution is 14.0. The van der Waals surface area contributed by atoms with Gasteiger partial charge in [-0.15, -0.1) is 24.0 Å². The van der Waals surface area contributed by atoms with E-state index in [-0.39, 0.29) is 24.0 Å². The summed E-state index contributed by atoms with van der Waals surface area (Å²) in [5.41, 5.74) is 0. The summed E-state index contributed by atoms with van der Waals surface area (Å²) >= 11 is 0. The molecule has 1 unspecified atom stereocenters. The van der Waals surface area contributed by atoms with Gasteiger partial charge in [-0.25, -0.2) is 0 Å². The molecule has 1 aliphatic carbocycles. The molecule has 3 nitrogen and oxygen atoms in total. The minimum Gasteiger partial charge on any atom is -0.356 e. The Balaban J connectivity index is 0.00000144. The number of aliphatic imine (C=N–C) groups is 1. The molecule has 1 saturated carbocycles. The minimum absolute atomic E-state index is 0. The molecule has 2 fully saturated rings. The number of piperidine rings is 1. The Morgan fingerprint density at radius 1 is 1.35 bits per heavy atom. The van der Waals surface area contributed by atoms with Gasteiger partial charge in [-0.1, -0.05) is 19.8 Å². The minimum atomic E-state index is 0. The first-order valence-corrected chi connectivity index (χ1v) is 6.75. The molecule has 2 rings (SSSR count). The van der Waals surface area contributed by atoms with Crippen LogP contribution in [0.15, 0.2) is 4.99 Å². The van der Waals surface area contributed by atoms with E-state index in [4.69, 9.17) is 0 Å². The predicted molar refractivity (Wildman–Crippen MR) is 84.1 cm³/mol. The van der Waals surface area contributed by atoms with Gasteiger partial charge in [0.15, 0.2) is 5.96 Å². The maximum atomic E-state index is 4.39. The van der Waals surface area contributed by atoms with Gasteiger partial charge in [0.2, 0.25) is 0 Å². The standard InChI is InChI=1S/C13H25N3.HI/c1-11-4-3-9-16(10-11)13(14-2)15-8-7-12-5-6-12;/h11-12H,3-10H2,1-2H3,(H,14,15);1H. The molecule has 2 aliphatic rings. The van der Waals surface area contributed by atoms with Crippen LogP contribution >= 0.6 is 24.0 Å². The van der Waals surface area contributed by atoms with Gasteiger partial charge in [-0.05, 0) is 31.1 Å². The zero-order valence-corrected chi connectivity index (χ0v) is 13.4. The SMILES string of the molecule is CN=C(NCCC1CC1)N1CCCC(C)C1.I. The van der Waals surface area contributed by atoms with E-state index in [1.165, 1.54) is 45.2 Å². The molecule has 1 saturated heterocycles. The lowest BCUT2D eigenvalue weighted by Crippen LogP contribution is -2.46. The van der Waals surface area contributed by atoms with Gasteiger partial charge < -0.3 is 10.2 Å². The van der Waals surface area contributed by atoms with Gasteiger partial charge in [0.05, 0.1) is 0 Å². The molecule has 1 N–H and O–H groups in total. The van der Waals surface area contributed by atoms with Gasteiger partial charge in [0.25, 0.3) is 0 Å². The van der Waals surface area contributed by atoms with Gasteiger partial charge in [0, 0.05) is 26.7 Å². The second-order valence-corrected chi connectivity index (χ2v) is 5.40. The van der Waals surface area contributed by atoms with Gasteiger partial charge in [0.1, 0.15) is 0 Å². The van der Waals surface area contributed by atoms with Crippen LogP contribution < -0.4 is 5.32 Å². The van der Waals surface area contributed by atoms with E-state index in [1.807, 2.05) is 7.05 Å². The average Bonchev–Trinajstić information content (AvgIpc) is 3.08. The van der Waals surface area contributed by atoms with E-state index < -0.39 is 0 Å². The highest BCUT2D eigenvalue weighted by Gasteiger charge is 2.22. The number of guanidine groups is 1. The van der Waals surface area contributed by atoms with Crippen molar-refractivity contribution in [3.63, 3.8) is 0 Å². The fourth-order valence-corrected chi connectivity index (χ4v) is 2.51. The van der Waals surface area contributed by atoms with Gasteiger partial charge in [-0.3, -0.25) is 4.99 Å². The molecule has 0 spiro atoms. The van der Waals surface area contributed by atoms with Crippen molar-refractivity contribution in [2.45, 2.75) is 39.0 Å². The molecule has 1 aliphatic heterocycles. The van der Waals surface area contributed by atoms with Crippen LogP contribution in [0.2, 0.25) is 0 Å². The Kier molecular flexibility index (Phi) is 6.59. The van der Waals surface area contributed by atoms with Crippen LogP contribution in [0.25, 0.3) is 0 Å². The maximum absolute atomic E-state index is 4.39. The molecule has 4 heteroatoms. The lowest BCUT2D eigenvalue weighted by Gasteiger charge is -2.33. The normalized spacial score (nSPS) is 25.4. The number of nitrogens with one attached hydrogen (secondary N) is 1. The first-order chi connectivity index (χ1) is 7.79. The van der Waals surface area contributed by atoms with E-state index in [0.29, 0.717) is 0 Å². The van der Waals surface area contributed by atoms with Crippen LogP contribution in [0, 0.1) is 11.8 Å². The summed E-state index contributed by atoms with van der Waals surface area (Å²) in [5.74, 6) is 2.94. The van der Waals surface area contributed by atoms with Crippen LogP contribution in [0.5, 0.6) is 0 Å². The lowest BCUT2D eigenvalue weighted by atomic mass is 10.0. The summed E-state index contributed by atoms with van der Waals surface area (Å²) in [6.07, 6.45) is 6.89. The van der Waals surface area contributed by atoms with Crippen molar-refractivity contribution >= 4 is 29.9 Å². The number of hydrogen-bond donors (Lipinski definition) is 1. The van der Waals surface area contributed by atoms with Crippen molar-refractivity contribution in [1.82, 2.24) is 10.2 Å². The molecule has 0 amide bonds. The maximum Gasteiger partial charge on any atom is 0.193 e. The van der Waals surface area contributed by atoms with E-state index >= 15 is 0 Å². The van der Waals surface area contributed by atoms with Crippen LogP contribution in [-0.4, -0.2) is 37.5 Å². The van der Waals surface area contributed by atoms with Crippen molar-refractivity contribution in [2.24, 2.45) is 16.8 Å². The van der Waals surface area contributed by atoms with E-state index in [0.717, 1.165) is 24.3 Å². The van der Waals surface area contributed by atoms with Crippen LogP contribution in [-0.2, 0) is 0 Å². The quantitative estimate of drug-likeness (QED) is 0.481. The summed E-state index contributed by atoms with van der Waals surface area (Å²) in [6, 6.07) is 0. The van der Waals surface area contributed by atoms with Crippen LogP contribution in [0.3, 0.4) is 0 Å². The number of halogens is 1. The Hall–Kier alpha value is 0. The average molecular weight is 351 g/mol. The summed E-state index contributed by atoms with van der Waals surface area (Å²) < 4.78 is 0. The van der Waals surface area contributed by atoms with Crippen molar-refractivity contribution < 1.29 is 0 Å². The van der Waals surface area contributed by atoms with Crippen molar-refractivity contribution in [1.29, 1.82) is 0 Å². The van der Waals surface area contributed by atoms with Gasteiger partial charge in [-0.2, -0.15) is 0 Å². The lowest BCUT2D eigenvalue weighted by molar-refractivity contribution is 0.266. The number of nitrogens with zero attached hydrogens (tertiary/aromatic N) is 2. The summed E-state index contributed by atoms with van der Waals surface area (Å²) in [5, 5.41) is 3.51. The Morgan fingerprint density at radius 2 is 2.12 bits per heavy atom. The number of hydrogen-bond acceptors (Lipinski definition) is 1. The van der Waals surface area contributed by atoms with Crippen LogP contribution in [0.4, 0.5) is 0 Å². The zero-order valence-electron chi connectivity index (χ0n) is 11.1. The second-order valence-electron chi connectivity index (χ2n) is 5.40. The van der Waals surface area contributed by atoms with Gasteiger partial charge >= 0.3 is 0 Å². The molecular weight excluding hydrogens is 325 g/mol. The van der Waals surface area contributed by atoms with Crippen molar-refractivity contribution in [3.8, 4) is 0 Å². The first-order valence-electron chi connectivity index (χ1n) is 6.75. The molecular formula is C13H26IN3. The number of likely N-dealkylation sites (tertiary alicyclic amines) is 1. The Bertz CT molecular complexity index is 251. The zero-order chi connectivity index (χ0) is 11.4. The molecule has 1 heterocycles. The Morgan fingerprint density at radius 3 is 2.71 bits per heavy atom. The fourth-order valence-electron chi connectivity index (χ4n) is 2.51. The third-order valence-electron chi connectivity index (χ3n) is 3.70. The first kappa shape index (κ1) is 15.1. The molecule has 0 aromatic rings. The highest BCUT2D eigenvalue weighted by Crippen LogP contribution is 2.31. The summed E-state index contributed by atoms with van der Waals surface area (Å²) in [4.78, 5) is 6.81. The van der Waals surface area contributed by atoms with E-state index in [2.05, 4.69) is 22.1 Å². The summed E-state index contributed by atoms with van der Waals surface area (Å²) in [7, 11) is 1.90. The highest BCUT2D eigenvalue weighted by atomic mass is 127. The van der Waals surface area contributed by atoms with E-state index in [9.17, 15) is 0 Å². The molecule has 0 aromatic carbocycles. The molecule has 17 heavy (non-hydrogen) atoms.